The Labute approximate surface area is 159 Å². The molecule has 2 amide bonds. The molecular weight excluding hydrogens is 374 g/mol. The first kappa shape index (κ1) is 19.2. The lowest BCUT2D eigenvalue weighted by Crippen LogP contribution is -2.47. The van der Waals surface area contributed by atoms with Gasteiger partial charge in [-0.15, -0.1) is 11.8 Å². The maximum atomic E-state index is 12.6. The van der Waals surface area contributed by atoms with E-state index in [1.165, 1.54) is 23.9 Å². The number of hydrogen-bond acceptors (Lipinski definition) is 4. The highest BCUT2D eigenvalue weighted by atomic mass is 32.2. The lowest BCUT2D eigenvalue weighted by molar-refractivity contribution is -0.124. The first-order valence-electron chi connectivity index (χ1n) is 8.30. The second-order valence-corrected chi connectivity index (χ2v) is 6.90. The average molecular weight is 392 g/mol. The van der Waals surface area contributed by atoms with Crippen LogP contribution in [0.2, 0.25) is 0 Å². The van der Waals surface area contributed by atoms with Gasteiger partial charge in [0.2, 0.25) is 5.91 Å². The summed E-state index contributed by atoms with van der Waals surface area (Å²) < 4.78 is 28.6. The summed E-state index contributed by atoms with van der Waals surface area (Å²) in [6, 6.07) is 14.4. The van der Waals surface area contributed by atoms with Crippen molar-refractivity contribution in [2.75, 3.05) is 11.6 Å². The molecule has 5 nitrogen and oxygen atoms in total. The molecule has 0 spiro atoms. The molecule has 8 heteroatoms. The predicted octanol–water partition coefficient (Wildman–Crippen LogP) is 3.12. The van der Waals surface area contributed by atoms with Gasteiger partial charge in [0, 0.05) is 17.9 Å². The van der Waals surface area contributed by atoms with Crippen molar-refractivity contribution in [2.45, 2.75) is 19.2 Å². The topological polar surface area (TPSA) is 58.6 Å². The standard InChI is InChI=1S/C19H18F2N2O3S/c20-19(21)26-15-8-6-13(7-9-15)10-22-17(24)16-11-27-12-23(16)18(25)14-4-2-1-3-5-14/h1-9,16,19H,10-12H2,(H,22,24). The molecular formula is C19H18F2N2O3S. The van der Waals surface area contributed by atoms with E-state index in [0.717, 1.165) is 5.56 Å². The minimum atomic E-state index is -2.87. The number of nitrogens with one attached hydrogen (secondary N) is 1. The molecule has 3 rings (SSSR count). The molecule has 0 aromatic heterocycles. The molecule has 142 valence electrons. The number of carbonyl (C=O) groups excluding carboxylic acids is 2. The van der Waals surface area contributed by atoms with E-state index in [-0.39, 0.29) is 24.1 Å². The van der Waals surface area contributed by atoms with Crippen molar-refractivity contribution in [2.24, 2.45) is 0 Å². The molecule has 0 bridgehead atoms. The van der Waals surface area contributed by atoms with Crippen molar-refractivity contribution in [3.8, 4) is 5.75 Å². The van der Waals surface area contributed by atoms with Gasteiger partial charge < -0.3 is 15.0 Å². The summed E-state index contributed by atoms with van der Waals surface area (Å²) >= 11 is 1.53. The SMILES string of the molecule is O=C(NCc1ccc(OC(F)F)cc1)C1CSCN1C(=O)c1ccccc1. The van der Waals surface area contributed by atoms with Gasteiger partial charge in [-0.05, 0) is 29.8 Å². The molecule has 27 heavy (non-hydrogen) atoms. The summed E-state index contributed by atoms with van der Waals surface area (Å²) in [5.74, 6) is 0.648. The Morgan fingerprint density at radius 3 is 2.52 bits per heavy atom. The Balaban J connectivity index is 1.57. The van der Waals surface area contributed by atoms with Crippen LogP contribution in [0.4, 0.5) is 8.78 Å². The molecule has 1 aliphatic rings. The largest absolute Gasteiger partial charge is 0.435 e. The third-order valence-electron chi connectivity index (χ3n) is 4.08. The van der Waals surface area contributed by atoms with Gasteiger partial charge in [0.1, 0.15) is 11.8 Å². The summed E-state index contributed by atoms with van der Waals surface area (Å²) in [5, 5.41) is 2.80. The highest BCUT2D eigenvalue weighted by Crippen LogP contribution is 2.23. The van der Waals surface area contributed by atoms with Crippen LogP contribution in [0.1, 0.15) is 15.9 Å². The fourth-order valence-corrected chi connectivity index (χ4v) is 3.86. The van der Waals surface area contributed by atoms with Crippen molar-refractivity contribution >= 4 is 23.6 Å². The Morgan fingerprint density at radius 2 is 1.85 bits per heavy atom. The fourth-order valence-electron chi connectivity index (χ4n) is 2.70. The summed E-state index contributed by atoms with van der Waals surface area (Å²) in [5.41, 5.74) is 1.30. The number of benzene rings is 2. The molecule has 0 radical (unpaired) electrons. The van der Waals surface area contributed by atoms with Crippen molar-refractivity contribution in [1.82, 2.24) is 10.2 Å². The lowest BCUT2D eigenvalue weighted by Gasteiger charge is -2.23. The van der Waals surface area contributed by atoms with Crippen LogP contribution < -0.4 is 10.1 Å². The van der Waals surface area contributed by atoms with E-state index in [1.54, 1.807) is 41.3 Å². The summed E-state index contributed by atoms with van der Waals surface area (Å²) in [4.78, 5) is 26.7. The molecule has 2 aromatic carbocycles. The molecule has 2 aromatic rings. The zero-order chi connectivity index (χ0) is 19.2. The van der Waals surface area contributed by atoms with Gasteiger partial charge in [0.05, 0.1) is 5.88 Å². The molecule has 1 heterocycles. The van der Waals surface area contributed by atoms with E-state index in [0.29, 0.717) is 17.2 Å². The minimum Gasteiger partial charge on any atom is -0.435 e. The van der Waals surface area contributed by atoms with Gasteiger partial charge in [-0.25, -0.2) is 0 Å². The maximum Gasteiger partial charge on any atom is 0.387 e. The molecule has 1 N–H and O–H groups in total. The Hall–Kier alpha value is -2.61. The van der Waals surface area contributed by atoms with Crippen LogP contribution in [0, 0.1) is 0 Å². The van der Waals surface area contributed by atoms with E-state index in [4.69, 9.17) is 0 Å². The van der Waals surface area contributed by atoms with Crippen LogP contribution in [0.15, 0.2) is 54.6 Å². The van der Waals surface area contributed by atoms with Crippen LogP contribution in [0.25, 0.3) is 0 Å². The van der Waals surface area contributed by atoms with E-state index < -0.39 is 12.7 Å². The molecule has 0 saturated carbocycles. The smallest absolute Gasteiger partial charge is 0.387 e. The molecule has 1 saturated heterocycles. The number of halogens is 2. The monoisotopic (exact) mass is 392 g/mol. The van der Waals surface area contributed by atoms with Crippen LogP contribution in [0.5, 0.6) is 5.75 Å². The van der Waals surface area contributed by atoms with Crippen molar-refractivity contribution < 1.29 is 23.1 Å². The van der Waals surface area contributed by atoms with Gasteiger partial charge in [0.15, 0.2) is 0 Å². The second kappa shape index (κ2) is 8.85. The van der Waals surface area contributed by atoms with E-state index in [2.05, 4.69) is 10.1 Å². The zero-order valence-corrected chi connectivity index (χ0v) is 15.1. The first-order chi connectivity index (χ1) is 13.0. The molecule has 1 atom stereocenters. The number of alkyl halides is 2. The van der Waals surface area contributed by atoms with Crippen molar-refractivity contribution in [3.63, 3.8) is 0 Å². The van der Waals surface area contributed by atoms with Crippen LogP contribution in [-0.2, 0) is 11.3 Å². The number of nitrogens with zero attached hydrogens (tertiary/aromatic N) is 1. The van der Waals surface area contributed by atoms with Crippen LogP contribution in [0.3, 0.4) is 0 Å². The predicted molar refractivity (Wildman–Crippen MR) is 98.6 cm³/mol. The summed E-state index contributed by atoms with van der Waals surface area (Å²) in [7, 11) is 0. The van der Waals surface area contributed by atoms with Gasteiger partial charge in [0.25, 0.3) is 5.91 Å². The Kier molecular flexibility index (Phi) is 6.28. The normalized spacial score (nSPS) is 16.4. The fraction of sp³-hybridized carbons (Fsp3) is 0.263. The van der Waals surface area contributed by atoms with E-state index >= 15 is 0 Å². The Bertz CT molecular complexity index is 787. The third kappa shape index (κ3) is 4.97. The highest BCUT2D eigenvalue weighted by molar-refractivity contribution is 7.99. The van der Waals surface area contributed by atoms with Crippen LogP contribution >= 0.6 is 11.8 Å². The quantitative estimate of drug-likeness (QED) is 0.821. The summed E-state index contributed by atoms with van der Waals surface area (Å²) in [6.45, 7) is -2.63. The lowest BCUT2D eigenvalue weighted by atomic mass is 10.1. The highest BCUT2D eigenvalue weighted by Gasteiger charge is 2.34. The van der Waals surface area contributed by atoms with Gasteiger partial charge in [-0.1, -0.05) is 30.3 Å². The zero-order valence-electron chi connectivity index (χ0n) is 14.3. The molecule has 1 unspecified atom stereocenters. The van der Waals surface area contributed by atoms with E-state index in [1.807, 2.05) is 6.07 Å². The number of amides is 2. The number of hydrogen-bond donors (Lipinski definition) is 1. The van der Waals surface area contributed by atoms with Crippen molar-refractivity contribution in [3.05, 3.63) is 65.7 Å². The van der Waals surface area contributed by atoms with E-state index in [9.17, 15) is 18.4 Å². The first-order valence-corrected chi connectivity index (χ1v) is 9.45. The number of ether oxygens (including phenoxy) is 1. The van der Waals surface area contributed by atoms with Gasteiger partial charge >= 0.3 is 6.61 Å². The van der Waals surface area contributed by atoms with Crippen LogP contribution in [-0.4, -0.2) is 41.0 Å². The Morgan fingerprint density at radius 1 is 1.15 bits per heavy atom. The maximum absolute atomic E-state index is 12.6. The number of rotatable bonds is 6. The number of thioether (sulfide) groups is 1. The van der Waals surface area contributed by atoms with Gasteiger partial charge in [-0.2, -0.15) is 8.78 Å². The molecule has 1 aliphatic heterocycles. The number of carbonyl (C=O) groups is 2. The molecule has 0 aliphatic carbocycles. The third-order valence-corrected chi connectivity index (χ3v) is 5.09. The van der Waals surface area contributed by atoms with Gasteiger partial charge in [-0.3, -0.25) is 9.59 Å². The summed E-state index contributed by atoms with van der Waals surface area (Å²) in [6.07, 6.45) is 0. The van der Waals surface area contributed by atoms with Crippen molar-refractivity contribution in [1.29, 1.82) is 0 Å². The minimum absolute atomic E-state index is 0.0619. The second-order valence-electron chi connectivity index (χ2n) is 5.90. The molecule has 1 fully saturated rings. The average Bonchev–Trinajstić information content (AvgIpc) is 3.17.